The largest absolute Gasteiger partial charge is 0.472 e. The van der Waals surface area contributed by atoms with Gasteiger partial charge in [-0.15, -0.1) is 0 Å². The van der Waals surface area contributed by atoms with E-state index in [4.69, 9.17) is 4.42 Å². The third-order valence-electron chi connectivity index (χ3n) is 3.55. The normalized spacial score (nSPS) is 27.3. The topological polar surface area (TPSA) is 30.2 Å². The van der Waals surface area contributed by atoms with E-state index < -0.39 is 0 Å². The lowest BCUT2D eigenvalue weighted by atomic mass is 9.71. The van der Waals surface area contributed by atoms with Gasteiger partial charge in [0.05, 0.1) is 12.5 Å². The van der Waals surface area contributed by atoms with Crippen molar-refractivity contribution in [2.75, 3.05) is 0 Å². The summed E-state index contributed by atoms with van der Waals surface area (Å²) in [5, 5.41) is 0. The summed E-state index contributed by atoms with van der Waals surface area (Å²) in [7, 11) is 0. The predicted molar refractivity (Wildman–Crippen MR) is 58.6 cm³/mol. The van der Waals surface area contributed by atoms with Gasteiger partial charge in [-0.05, 0) is 35.8 Å². The van der Waals surface area contributed by atoms with E-state index in [2.05, 4.69) is 13.8 Å². The molecule has 2 nitrogen and oxygen atoms in total. The van der Waals surface area contributed by atoms with Gasteiger partial charge in [0, 0.05) is 12.8 Å². The summed E-state index contributed by atoms with van der Waals surface area (Å²) < 4.78 is 5.12. The Balaban J connectivity index is 2.20. The molecule has 1 aromatic rings. The molecule has 1 aliphatic rings. The lowest BCUT2D eigenvalue weighted by Gasteiger charge is -2.33. The lowest BCUT2D eigenvalue weighted by molar-refractivity contribution is -0.121. The van der Waals surface area contributed by atoms with Crippen LogP contribution in [0.3, 0.4) is 0 Å². The molecule has 1 heterocycles. The van der Waals surface area contributed by atoms with Crippen LogP contribution in [-0.2, 0) is 4.79 Å². The van der Waals surface area contributed by atoms with Gasteiger partial charge in [0.1, 0.15) is 5.78 Å². The van der Waals surface area contributed by atoms with E-state index in [9.17, 15) is 4.79 Å². The number of ketones is 1. The van der Waals surface area contributed by atoms with Gasteiger partial charge in [0.2, 0.25) is 0 Å². The summed E-state index contributed by atoms with van der Waals surface area (Å²) in [5.41, 5.74) is 1.20. The van der Waals surface area contributed by atoms with Crippen LogP contribution in [0.1, 0.15) is 44.6 Å². The smallest absolute Gasteiger partial charge is 0.133 e. The molecule has 0 N–H and O–H groups in total. The molecule has 1 aromatic heterocycles. The Hall–Kier alpha value is -1.05. The highest BCUT2D eigenvalue weighted by atomic mass is 16.3. The maximum absolute atomic E-state index is 11.5. The van der Waals surface area contributed by atoms with E-state index in [1.165, 1.54) is 5.56 Å². The molecule has 0 bridgehead atoms. The second kappa shape index (κ2) is 4.21. The van der Waals surface area contributed by atoms with Crippen LogP contribution in [0.15, 0.2) is 23.0 Å². The van der Waals surface area contributed by atoms with Crippen LogP contribution >= 0.6 is 0 Å². The average molecular weight is 206 g/mol. The Morgan fingerprint density at radius 1 is 1.47 bits per heavy atom. The van der Waals surface area contributed by atoms with Crippen molar-refractivity contribution in [3.63, 3.8) is 0 Å². The molecular weight excluding hydrogens is 188 g/mol. The molecular formula is C13H18O2. The fourth-order valence-corrected chi connectivity index (χ4v) is 2.68. The molecule has 0 amide bonds. The van der Waals surface area contributed by atoms with Crippen LogP contribution in [0.25, 0.3) is 0 Å². The Kier molecular flexibility index (Phi) is 2.94. The summed E-state index contributed by atoms with van der Waals surface area (Å²) in [6.45, 7) is 4.49. The molecule has 2 unspecified atom stereocenters. The minimum Gasteiger partial charge on any atom is -0.472 e. The molecule has 2 rings (SSSR count). The highest BCUT2D eigenvalue weighted by molar-refractivity contribution is 5.80. The molecule has 15 heavy (non-hydrogen) atoms. The van der Waals surface area contributed by atoms with Crippen LogP contribution in [-0.4, -0.2) is 5.78 Å². The van der Waals surface area contributed by atoms with Crippen LogP contribution in [0.2, 0.25) is 0 Å². The van der Waals surface area contributed by atoms with Crippen LogP contribution in [0.5, 0.6) is 0 Å². The lowest BCUT2D eigenvalue weighted by Crippen LogP contribution is -2.26. The molecule has 1 fully saturated rings. The number of hydrogen-bond acceptors (Lipinski definition) is 2. The highest BCUT2D eigenvalue weighted by Gasteiger charge is 2.32. The van der Waals surface area contributed by atoms with Crippen LogP contribution in [0, 0.1) is 11.8 Å². The molecule has 1 aliphatic carbocycles. The zero-order valence-electron chi connectivity index (χ0n) is 9.40. The molecule has 2 heteroatoms. The standard InChI is InChI=1S/C13H18O2/c1-9(2)12-4-3-11(14)7-13(12)10-5-6-15-8-10/h5-6,8-9,12-13H,3-4,7H2,1-2H3. The average Bonchev–Trinajstić information content (AvgIpc) is 2.69. The first-order valence-electron chi connectivity index (χ1n) is 5.72. The van der Waals surface area contributed by atoms with E-state index in [-0.39, 0.29) is 0 Å². The maximum atomic E-state index is 11.5. The number of furan rings is 1. The third-order valence-corrected chi connectivity index (χ3v) is 3.55. The molecule has 0 aromatic carbocycles. The van der Waals surface area contributed by atoms with E-state index in [0.717, 1.165) is 12.8 Å². The van der Waals surface area contributed by atoms with Gasteiger partial charge in [-0.25, -0.2) is 0 Å². The first-order valence-corrected chi connectivity index (χ1v) is 5.72. The van der Waals surface area contributed by atoms with Gasteiger partial charge in [-0.1, -0.05) is 13.8 Å². The summed E-state index contributed by atoms with van der Waals surface area (Å²) in [6, 6.07) is 2.00. The van der Waals surface area contributed by atoms with Gasteiger partial charge >= 0.3 is 0 Å². The first-order chi connectivity index (χ1) is 7.18. The summed E-state index contributed by atoms with van der Waals surface area (Å²) in [5.74, 6) is 2.04. The van der Waals surface area contributed by atoms with Crippen molar-refractivity contribution in [2.24, 2.45) is 11.8 Å². The summed E-state index contributed by atoms with van der Waals surface area (Å²) in [4.78, 5) is 11.5. The Labute approximate surface area is 90.7 Å². The number of Topliss-reactive ketones (excluding diaryl/α,β-unsaturated/α-hetero) is 1. The zero-order chi connectivity index (χ0) is 10.8. The minimum absolute atomic E-state index is 0.380. The van der Waals surface area contributed by atoms with Crippen molar-refractivity contribution in [1.29, 1.82) is 0 Å². The summed E-state index contributed by atoms with van der Waals surface area (Å²) in [6.07, 6.45) is 5.98. The van der Waals surface area contributed by atoms with Gasteiger partial charge in [-0.2, -0.15) is 0 Å². The van der Waals surface area contributed by atoms with Gasteiger partial charge < -0.3 is 4.42 Å². The van der Waals surface area contributed by atoms with Crippen molar-refractivity contribution < 1.29 is 9.21 Å². The SMILES string of the molecule is CC(C)C1CCC(=O)CC1c1ccoc1. The third kappa shape index (κ3) is 2.14. The second-order valence-electron chi connectivity index (χ2n) is 4.85. The molecule has 82 valence electrons. The number of hydrogen-bond donors (Lipinski definition) is 0. The Morgan fingerprint density at radius 2 is 2.27 bits per heavy atom. The molecule has 0 saturated heterocycles. The van der Waals surface area contributed by atoms with Crippen molar-refractivity contribution in [3.05, 3.63) is 24.2 Å². The van der Waals surface area contributed by atoms with Crippen molar-refractivity contribution >= 4 is 5.78 Å². The maximum Gasteiger partial charge on any atom is 0.133 e. The van der Waals surface area contributed by atoms with E-state index in [1.807, 2.05) is 6.07 Å². The highest BCUT2D eigenvalue weighted by Crippen LogP contribution is 2.40. The minimum atomic E-state index is 0.380. The molecule has 1 saturated carbocycles. The Bertz CT molecular complexity index is 324. The fourth-order valence-electron chi connectivity index (χ4n) is 2.68. The number of rotatable bonds is 2. The van der Waals surface area contributed by atoms with Crippen molar-refractivity contribution in [1.82, 2.24) is 0 Å². The van der Waals surface area contributed by atoms with Gasteiger partial charge in [0.25, 0.3) is 0 Å². The van der Waals surface area contributed by atoms with Gasteiger partial charge in [-0.3, -0.25) is 4.79 Å². The predicted octanol–water partition coefficient (Wildman–Crippen LogP) is 3.39. The van der Waals surface area contributed by atoms with E-state index >= 15 is 0 Å². The second-order valence-corrected chi connectivity index (χ2v) is 4.85. The first kappa shape index (κ1) is 10.5. The van der Waals surface area contributed by atoms with E-state index in [0.29, 0.717) is 30.0 Å². The van der Waals surface area contributed by atoms with Crippen molar-refractivity contribution in [3.8, 4) is 0 Å². The van der Waals surface area contributed by atoms with Crippen LogP contribution in [0.4, 0.5) is 0 Å². The quantitative estimate of drug-likeness (QED) is 0.742. The molecule has 0 spiro atoms. The Morgan fingerprint density at radius 3 is 2.87 bits per heavy atom. The molecule has 0 radical (unpaired) electrons. The van der Waals surface area contributed by atoms with E-state index in [1.54, 1.807) is 12.5 Å². The number of carbonyl (C=O) groups is 1. The van der Waals surface area contributed by atoms with Crippen LogP contribution < -0.4 is 0 Å². The fraction of sp³-hybridized carbons (Fsp3) is 0.615. The van der Waals surface area contributed by atoms with Gasteiger partial charge in [0.15, 0.2) is 0 Å². The molecule has 0 aliphatic heterocycles. The summed E-state index contributed by atoms with van der Waals surface area (Å²) >= 11 is 0. The monoisotopic (exact) mass is 206 g/mol. The number of carbonyl (C=O) groups excluding carboxylic acids is 1. The zero-order valence-corrected chi connectivity index (χ0v) is 9.40. The van der Waals surface area contributed by atoms with Crippen molar-refractivity contribution in [2.45, 2.75) is 39.0 Å². The molecule has 2 atom stereocenters.